The van der Waals surface area contributed by atoms with Gasteiger partial charge in [-0.3, -0.25) is 9.59 Å². The van der Waals surface area contributed by atoms with E-state index in [2.05, 4.69) is 23.8 Å². The fourth-order valence-corrected chi connectivity index (χ4v) is 4.55. The van der Waals surface area contributed by atoms with Gasteiger partial charge in [-0.05, 0) is 85.9 Å². The number of rotatable bonds is 12. The normalized spacial score (nSPS) is 10.2. The van der Waals surface area contributed by atoms with E-state index in [4.69, 9.17) is 9.47 Å². The summed E-state index contributed by atoms with van der Waals surface area (Å²) in [5, 5.41) is 4.88. The molecule has 2 N–H and O–H groups in total. The molecule has 0 radical (unpaired) electrons. The molecule has 0 bridgehead atoms. The SMILES string of the molecule is C=C(C)C(=O)OCCNC(=O)Sc1ccc(Sc2ccc(SC(=O)NCCOC(=O)C(=C)C)cc2)cc1. The summed E-state index contributed by atoms with van der Waals surface area (Å²) >= 11 is 3.66. The van der Waals surface area contributed by atoms with Crippen LogP contribution in [0.15, 0.2) is 92.4 Å². The van der Waals surface area contributed by atoms with Crippen LogP contribution in [0.5, 0.6) is 0 Å². The lowest BCUT2D eigenvalue weighted by atomic mass is 10.4. The molecule has 0 spiro atoms. The zero-order valence-electron chi connectivity index (χ0n) is 20.5. The van der Waals surface area contributed by atoms with Crippen LogP contribution in [0.4, 0.5) is 9.59 Å². The van der Waals surface area contributed by atoms with Crippen molar-refractivity contribution in [2.75, 3.05) is 26.3 Å². The summed E-state index contributed by atoms with van der Waals surface area (Å²) < 4.78 is 9.86. The fraction of sp³-hybridized carbons (Fsp3) is 0.231. The van der Waals surface area contributed by atoms with Crippen LogP contribution in [0.3, 0.4) is 0 Å². The minimum absolute atomic E-state index is 0.0858. The van der Waals surface area contributed by atoms with Crippen molar-refractivity contribution in [1.82, 2.24) is 10.6 Å². The number of hydrogen-bond acceptors (Lipinski definition) is 9. The summed E-state index contributed by atoms with van der Waals surface area (Å²) in [5.74, 6) is -0.964. The van der Waals surface area contributed by atoms with Crippen LogP contribution < -0.4 is 10.6 Å². The molecule has 2 aromatic rings. The molecule has 0 aliphatic heterocycles. The number of nitrogens with one attached hydrogen (secondary N) is 2. The van der Waals surface area contributed by atoms with Crippen LogP contribution in [0, 0.1) is 0 Å². The smallest absolute Gasteiger partial charge is 0.333 e. The predicted octanol–water partition coefficient (Wildman–Crippen LogP) is 5.68. The Bertz CT molecular complexity index is 1040. The molecular weight excluding hydrogens is 532 g/mol. The number of ether oxygens (including phenoxy) is 2. The highest BCUT2D eigenvalue weighted by Gasteiger charge is 2.08. The van der Waals surface area contributed by atoms with Crippen LogP contribution in [0.1, 0.15) is 13.8 Å². The van der Waals surface area contributed by atoms with Crippen LogP contribution >= 0.6 is 35.3 Å². The van der Waals surface area contributed by atoms with E-state index < -0.39 is 11.9 Å². The second-order valence-electron chi connectivity index (χ2n) is 7.51. The van der Waals surface area contributed by atoms with Crippen molar-refractivity contribution in [3.8, 4) is 0 Å². The van der Waals surface area contributed by atoms with Gasteiger partial charge in [-0.1, -0.05) is 24.9 Å². The van der Waals surface area contributed by atoms with E-state index in [1.165, 1.54) is 0 Å². The van der Waals surface area contributed by atoms with E-state index in [1.807, 2.05) is 48.5 Å². The number of carbonyl (C=O) groups is 4. The first kappa shape index (κ1) is 30.1. The first-order valence-corrected chi connectivity index (χ1v) is 13.5. The van der Waals surface area contributed by atoms with Gasteiger partial charge >= 0.3 is 11.9 Å². The highest BCUT2D eigenvalue weighted by atomic mass is 32.2. The van der Waals surface area contributed by atoms with Crippen molar-refractivity contribution in [3.63, 3.8) is 0 Å². The minimum Gasteiger partial charge on any atom is -0.460 e. The zero-order chi connectivity index (χ0) is 27.2. The average molecular weight is 561 g/mol. The monoisotopic (exact) mass is 560 g/mol. The van der Waals surface area contributed by atoms with E-state index in [0.29, 0.717) is 11.1 Å². The summed E-state index contributed by atoms with van der Waals surface area (Å²) in [6.07, 6.45) is 0. The summed E-state index contributed by atoms with van der Waals surface area (Å²) in [7, 11) is 0. The summed E-state index contributed by atoms with van der Waals surface area (Å²) in [4.78, 5) is 50.2. The number of hydrogen-bond donors (Lipinski definition) is 2. The van der Waals surface area contributed by atoms with E-state index in [-0.39, 0.29) is 36.8 Å². The Labute approximate surface area is 229 Å². The molecule has 0 aliphatic rings. The maximum Gasteiger partial charge on any atom is 0.333 e. The van der Waals surface area contributed by atoms with Crippen molar-refractivity contribution in [3.05, 3.63) is 72.8 Å². The highest BCUT2D eigenvalue weighted by molar-refractivity contribution is 8.13. The lowest BCUT2D eigenvalue weighted by Gasteiger charge is -2.08. The Morgan fingerprint density at radius 3 is 1.30 bits per heavy atom. The Balaban J connectivity index is 1.71. The second kappa shape index (κ2) is 15.9. The van der Waals surface area contributed by atoms with Crippen molar-refractivity contribution in [2.45, 2.75) is 33.4 Å². The Morgan fingerprint density at radius 2 is 0.973 bits per heavy atom. The molecule has 2 rings (SSSR count). The van der Waals surface area contributed by atoms with Gasteiger partial charge in [-0.15, -0.1) is 0 Å². The summed E-state index contributed by atoms with van der Waals surface area (Å²) in [5.41, 5.74) is 0.627. The molecule has 196 valence electrons. The summed E-state index contributed by atoms with van der Waals surface area (Å²) in [6.45, 7) is 10.7. The molecule has 0 unspecified atom stereocenters. The molecule has 2 amide bonds. The molecule has 0 atom stereocenters. The third kappa shape index (κ3) is 12.1. The van der Waals surface area contributed by atoms with Crippen molar-refractivity contribution in [1.29, 1.82) is 0 Å². The number of amides is 2. The Hall–Kier alpha value is -3.15. The molecule has 0 saturated heterocycles. The van der Waals surface area contributed by atoms with Gasteiger partial charge in [-0.2, -0.15) is 0 Å². The third-order valence-corrected chi connectivity index (χ3v) is 6.90. The first-order valence-electron chi connectivity index (χ1n) is 11.1. The van der Waals surface area contributed by atoms with E-state index in [0.717, 1.165) is 43.1 Å². The van der Waals surface area contributed by atoms with Crippen LogP contribution in [0.25, 0.3) is 0 Å². The van der Waals surface area contributed by atoms with E-state index >= 15 is 0 Å². The zero-order valence-corrected chi connectivity index (χ0v) is 23.0. The van der Waals surface area contributed by atoms with Crippen molar-refractivity contribution in [2.24, 2.45) is 0 Å². The third-order valence-electron chi connectivity index (χ3n) is 4.21. The number of benzene rings is 2. The highest BCUT2D eigenvalue weighted by Crippen LogP contribution is 2.31. The summed E-state index contributed by atoms with van der Waals surface area (Å²) in [6, 6.07) is 15.1. The van der Waals surface area contributed by atoms with Gasteiger partial charge in [0.05, 0.1) is 13.1 Å². The molecule has 0 fully saturated rings. The number of carbonyl (C=O) groups excluding carboxylic acids is 4. The van der Waals surface area contributed by atoms with E-state index in [9.17, 15) is 19.2 Å². The van der Waals surface area contributed by atoms with Gasteiger partial charge < -0.3 is 20.1 Å². The maximum absolute atomic E-state index is 12.0. The van der Waals surface area contributed by atoms with Crippen molar-refractivity contribution >= 4 is 57.7 Å². The lowest BCUT2D eigenvalue weighted by molar-refractivity contribution is -0.139. The van der Waals surface area contributed by atoms with Crippen molar-refractivity contribution < 1.29 is 28.7 Å². The van der Waals surface area contributed by atoms with Crippen LogP contribution in [0.2, 0.25) is 0 Å². The average Bonchev–Trinajstić information content (AvgIpc) is 2.86. The number of thioether (sulfide) groups is 2. The van der Waals surface area contributed by atoms with Gasteiger partial charge in [0.1, 0.15) is 13.2 Å². The second-order valence-corrected chi connectivity index (χ2v) is 10.7. The van der Waals surface area contributed by atoms with Gasteiger partial charge in [-0.25, -0.2) is 9.59 Å². The van der Waals surface area contributed by atoms with Crippen LogP contribution in [-0.4, -0.2) is 48.7 Å². The van der Waals surface area contributed by atoms with Gasteiger partial charge in [0.2, 0.25) is 0 Å². The van der Waals surface area contributed by atoms with Gasteiger partial charge in [0.25, 0.3) is 10.5 Å². The molecule has 0 heterocycles. The molecule has 37 heavy (non-hydrogen) atoms. The first-order chi connectivity index (χ1) is 17.6. The standard InChI is InChI=1S/C26H28N2O6S3/c1-17(2)23(29)33-15-13-27-25(31)36-21-9-5-19(6-10-21)35-20-7-11-22(12-8-20)37-26(32)28-14-16-34-24(30)18(3)4/h5-12H,1,3,13-16H2,2,4H3,(H,27,31)(H,28,32). The predicted molar refractivity (Wildman–Crippen MR) is 147 cm³/mol. The quantitative estimate of drug-likeness (QED) is 0.147. The largest absolute Gasteiger partial charge is 0.460 e. The Kier molecular flexibility index (Phi) is 12.9. The molecule has 0 aromatic heterocycles. The topological polar surface area (TPSA) is 111 Å². The molecular formula is C26H28N2O6S3. The van der Waals surface area contributed by atoms with Gasteiger partial charge in [0.15, 0.2) is 0 Å². The van der Waals surface area contributed by atoms with Gasteiger partial charge in [0, 0.05) is 30.7 Å². The molecule has 0 saturated carbocycles. The lowest BCUT2D eigenvalue weighted by Crippen LogP contribution is -2.24. The molecule has 8 nitrogen and oxygen atoms in total. The fourth-order valence-electron chi connectivity index (χ4n) is 2.41. The van der Waals surface area contributed by atoms with Crippen LogP contribution in [-0.2, 0) is 19.1 Å². The Morgan fingerprint density at radius 1 is 0.649 bits per heavy atom. The minimum atomic E-state index is -0.482. The maximum atomic E-state index is 12.0. The number of esters is 2. The molecule has 0 aliphatic carbocycles. The molecule has 2 aromatic carbocycles. The van der Waals surface area contributed by atoms with E-state index in [1.54, 1.807) is 25.6 Å². The molecule has 11 heteroatoms.